The minimum Gasteiger partial charge on any atom is -0.394 e. The molecule has 0 aliphatic carbocycles. The molecule has 0 spiro atoms. The van der Waals surface area contributed by atoms with Crippen molar-refractivity contribution >= 4 is 11.8 Å². The second-order valence-corrected chi connectivity index (χ2v) is 6.82. The molecule has 0 radical (unpaired) electrons. The summed E-state index contributed by atoms with van der Waals surface area (Å²) in [5, 5.41) is 15.2. The van der Waals surface area contributed by atoms with Crippen LogP contribution in [-0.2, 0) is 16.1 Å². The smallest absolute Gasteiger partial charge is 0.251 e. The van der Waals surface area contributed by atoms with Crippen LogP contribution < -0.4 is 10.6 Å². The molecular formula is C20H23FN4O4. The summed E-state index contributed by atoms with van der Waals surface area (Å²) in [5.74, 6) is -0.964. The van der Waals surface area contributed by atoms with E-state index in [9.17, 15) is 19.1 Å². The van der Waals surface area contributed by atoms with E-state index >= 15 is 0 Å². The largest absolute Gasteiger partial charge is 0.394 e. The van der Waals surface area contributed by atoms with Gasteiger partial charge in [0.2, 0.25) is 5.91 Å². The Morgan fingerprint density at radius 2 is 2.00 bits per heavy atom. The van der Waals surface area contributed by atoms with E-state index in [0.717, 1.165) is 0 Å². The first-order chi connectivity index (χ1) is 14.0. The molecule has 2 aromatic rings. The van der Waals surface area contributed by atoms with Crippen molar-refractivity contribution in [1.82, 2.24) is 20.6 Å². The first kappa shape index (κ1) is 20.8. The Morgan fingerprint density at radius 3 is 2.69 bits per heavy atom. The quantitative estimate of drug-likeness (QED) is 0.636. The summed E-state index contributed by atoms with van der Waals surface area (Å²) < 4.78 is 18.8. The minimum absolute atomic E-state index is 0.153. The van der Waals surface area contributed by atoms with Crippen molar-refractivity contribution in [2.75, 3.05) is 6.61 Å². The third-order valence-corrected chi connectivity index (χ3v) is 4.74. The number of hydrogen-bond donors (Lipinski definition) is 3. The van der Waals surface area contributed by atoms with E-state index in [1.54, 1.807) is 12.3 Å². The van der Waals surface area contributed by atoms with Crippen LogP contribution in [0.2, 0.25) is 0 Å². The zero-order valence-electron chi connectivity index (χ0n) is 15.8. The molecule has 3 atom stereocenters. The molecular weight excluding hydrogens is 379 g/mol. The van der Waals surface area contributed by atoms with Gasteiger partial charge in [0, 0.05) is 11.8 Å². The van der Waals surface area contributed by atoms with Gasteiger partial charge in [-0.25, -0.2) is 14.4 Å². The average molecular weight is 402 g/mol. The highest BCUT2D eigenvalue weighted by Crippen LogP contribution is 2.22. The van der Waals surface area contributed by atoms with Crippen molar-refractivity contribution in [3.05, 3.63) is 59.9 Å². The Morgan fingerprint density at radius 1 is 1.21 bits per heavy atom. The molecule has 0 unspecified atom stereocenters. The van der Waals surface area contributed by atoms with Gasteiger partial charge in [0.25, 0.3) is 5.91 Å². The van der Waals surface area contributed by atoms with E-state index < -0.39 is 18.0 Å². The molecule has 29 heavy (non-hydrogen) atoms. The van der Waals surface area contributed by atoms with Gasteiger partial charge in [-0.1, -0.05) is 0 Å². The molecule has 2 heterocycles. The van der Waals surface area contributed by atoms with Crippen LogP contribution in [0.15, 0.2) is 42.9 Å². The number of aliphatic hydroxyl groups is 1. The maximum atomic E-state index is 13.0. The van der Waals surface area contributed by atoms with Crippen LogP contribution in [0, 0.1) is 5.82 Å². The maximum Gasteiger partial charge on any atom is 0.251 e. The Hall–Kier alpha value is -2.91. The van der Waals surface area contributed by atoms with Gasteiger partial charge in [0.05, 0.1) is 37.4 Å². The van der Waals surface area contributed by atoms with Crippen LogP contribution in [-0.4, -0.2) is 51.7 Å². The first-order valence-corrected chi connectivity index (χ1v) is 9.39. The minimum atomic E-state index is -0.618. The number of hydrogen-bond acceptors (Lipinski definition) is 6. The van der Waals surface area contributed by atoms with Crippen LogP contribution in [0.5, 0.6) is 0 Å². The van der Waals surface area contributed by atoms with Gasteiger partial charge in [-0.05, 0) is 43.2 Å². The highest BCUT2D eigenvalue weighted by Gasteiger charge is 2.33. The molecule has 154 valence electrons. The van der Waals surface area contributed by atoms with E-state index in [-0.39, 0.29) is 30.9 Å². The number of nitrogens with zero attached hydrogens (tertiary/aromatic N) is 2. The predicted molar refractivity (Wildman–Crippen MR) is 101 cm³/mol. The fraction of sp³-hybridized carbons (Fsp3) is 0.400. The normalized spacial score (nSPS) is 21.4. The number of nitrogens with one attached hydrogen (secondary N) is 2. The summed E-state index contributed by atoms with van der Waals surface area (Å²) in [6.45, 7) is 0.0152. The van der Waals surface area contributed by atoms with Gasteiger partial charge in [-0.15, -0.1) is 0 Å². The Kier molecular flexibility index (Phi) is 7.20. The molecule has 1 aromatic heterocycles. The maximum absolute atomic E-state index is 13.0. The first-order valence-electron chi connectivity index (χ1n) is 9.39. The van der Waals surface area contributed by atoms with Crippen LogP contribution in [0.1, 0.15) is 35.3 Å². The second kappa shape index (κ2) is 10.0. The number of amides is 2. The van der Waals surface area contributed by atoms with E-state index in [4.69, 9.17) is 4.74 Å². The standard InChI is InChI=1S/C20H23FN4O4/c21-14-3-1-13(2-4-14)20(28)25-17-6-5-16(29-18(17)11-26)9-19(27)23-10-15-7-8-22-12-24-15/h1-4,7-8,12,16-18,26H,5-6,9-11H2,(H,23,27)(H,25,28)/t16-,17-,18-/m0/s1. The lowest BCUT2D eigenvalue weighted by molar-refractivity contribution is -0.131. The van der Waals surface area contributed by atoms with Gasteiger partial charge in [0.15, 0.2) is 0 Å². The molecule has 1 aliphatic rings. The molecule has 1 aromatic carbocycles. The molecule has 2 amide bonds. The van der Waals surface area contributed by atoms with Crippen LogP contribution in [0.25, 0.3) is 0 Å². The lowest BCUT2D eigenvalue weighted by Gasteiger charge is -2.36. The summed E-state index contributed by atoms with van der Waals surface area (Å²) in [7, 11) is 0. The molecule has 8 nitrogen and oxygen atoms in total. The van der Waals surface area contributed by atoms with Gasteiger partial charge in [-0.3, -0.25) is 9.59 Å². The van der Waals surface area contributed by atoms with Crippen molar-refractivity contribution in [3.63, 3.8) is 0 Å². The van der Waals surface area contributed by atoms with Crippen LogP contribution in [0.4, 0.5) is 4.39 Å². The Labute approximate surface area is 167 Å². The summed E-state index contributed by atoms with van der Waals surface area (Å²) in [6, 6.07) is 6.55. The van der Waals surface area contributed by atoms with Crippen molar-refractivity contribution < 1.29 is 23.8 Å². The Bertz CT molecular complexity index is 819. The monoisotopic (exact) mass is 402 g/mol. The molecule has 1 fully saturated rings. The lowest BCUT2D eigenvalue weighted by atomic mass is 9.96. The summed E-state index contributed by atoms with van der Waals surface area (Å²) in [4.78, 5) is 32.3. The van der Waals surface area contributed by atoms with Crippen molar-refractivity contribution in [2.45, 2.75) is 44.1 Å². The third kappa shape index (κ3) is 6.03. The average Bonchev–Trinajstić information content (AvgIpc) is 2.74. The molecule has 1 aliphatic heterocycles. The van der Waals surface area contributed by atoms with E-state index in [1.165, 1.54) is 30.6 Å². The van der Waals surface area contributed by atoms with Gasteiger partial charge in [-0.2, -0.15) is 0 Å². The van der Waals surface area contributed by atoms with Crippen LogP contribution in [0.3, 0.4) is 0 Å². The number of carbonyl (C=O) groups is 2. The van der Waals surface area contributed by atoms with E-state index in [1.807, 2.05) is 0 Å². The van der Waals surface area contributed by atoms with Gasteiger partial charge in [0.1, 0.15) is 18.2 Å². The molecule has 9 heteroatoms. The topological polar surface area (TPSA) is 113 Å². The zero-order chi connectivity index (χ0) is 20.6. The molecule has 3 N–H and O–H groups in total. The lowest BCUT2D eigenvalue weighted by Crippen LogP contribution is -2.51. The Balaban J connectivity index is 1.47. The number of halogens is 1. The fourth-order valence-electron chi connectivity index (χ4n) is 3.19. The van der Waals surface area contributed by atoms with Crippen LogP contribution >= 0.6 is 0 Å². The van der Waals surface area contributed by atoms with Crippen molar-refractivity contribution in [3.8, 4) is 0 Å². The van der Waals surface area contributed by atoms with Gasteiger partial charge < -0.3 is 20.5 Å². The van der Waals surface area contributed by atoms with E-state index in [2.05, 4.69) is 20.6 Å². The number of aliphatic hydroxyl groups excluding tert-OH is 1. The van der Waals surface area contributed by atoms with Gasteiger partial charge >= 0.3 is 0 Å². The summed E-state index contributed by atoms with van der Waals surface area (Å²) in [5.41, 5.74) is 1.03. The number of benzene rings is 1. The molecule has 0 bridgehead atoms. The molecule has 1 saturated heterocycles. The predicted octanol–water partition coefficient (Wildman–Crippen LogP) is 0.960. The highest BCUT2D eigenvalue weighted by molar-refractivity contribution is 5.94. The number of rotatable bonds is 7. The molecule has 0 saturated carbocycles. The van der Waals surface area contributed by atoms with E-state index in [0.29, 0.717) is 30.6 Å². The third-order valence-electron chi connectivity index (χ3n) is 4.74. The SMILES string of the molecule is O=C(C[C@@H]1CC[C@H](NC(=O)c2ccc(F)cc2)[C@H](CO)O1)NCc1ccncn1. The molecule has 3 rings (SSSR count). The summed E-state index contributed by atoms with van der Waals surface area (Å²) in [6.07, 6.45) is 3.32. The fourth-order valence-corrected chi connectivity index (χ4v) is 3.19. The van der Waals surface area contributed by atoms with Crippen molar-refractivity contribution in [2.24, 2.45) is 0 Å². The highest BCUT2D eigenvalue weighted by atomic mass is 19.1. The number of carbonyl (C=O) groups excluding carboxylic acids is 2. The summed E-state index contributed by atoms with van der Waals surface area (Å²) >= 11 is 0. The van der Waals surface area contributed by atoms with Crippen molar-refractivity contribution in [1.29, 1.82) is 0 Å². The number of aromatic nitrogens is 2. The zero-order valence-corrected chi connectivity index (χ0v) is 15.8. The second-order valence-electron chi connectivity index (χ2n) is 6.82. The number of ether oxygens (including phenoxy) is 1.